The van der Waals surface area contributed by atoms with Crippen LogP contribution in [0.2, 0.25) is 5.02 Å². The van der Waals surface area contributed by atoms with Gasteiger partial charge in [-0.15, -0.1) is 0 Å². The summed E-state index contributed by atoms with van der Waals surface area (Å²) in [6.07, 6.45) is 0. The lowest BCUT2D eigenvalue weighted by atomic mass is 10.3. The Balaban J connectivity index is 3.26. The highest BCUT2D eigenvalue weighted by atomic mass is 35.5. The molecule has 0 heterocycles. The van der Waals surface area contributed by atoms with Crippen molar-refractivity contribution in [3.63, 3.8) is 0 Å². The molecule has 1 aromatic rings. The Morgan fingerprint density at radius 3 is 2.57 bits per heavy atom. The average Bonchev–Trinajstić information content (AvgIpc) is 2.17. The molecule has 0 radical (unpaired) electrons. The van der Waals surface area contributed by atoms with E-state index in [0.29, 0.717) is 5.75 Å². The zero-order valence-corrected chi connectivity index (χ0v) is 8.76. The van der Waals surface area contributed by atoms with E-state index in [4.69, 9.17) is 21.5 Å². The second-order valence-electron chi connectivity index (χ2n) is 2.39. The van der Waals surface area contributed by atoms with Crippen molar-refractivity contribution < 1.29 is 18.4 Å². The fraction of sp³-hybridized carbons (Fsp3) is 0.143. The Hall–Kier alpha value is -0.820. The standard InChI is InChI=1S/C7H8ClNO4S/c1-13-5-2-3-7(6(8)4-5)14(11,12)9-10/h2-4,9-10H,1H3. The van der Waals surface area contributed by atoms with E-state index in [2.05, 4.69) is 0 Å². The summed E-state index contributed by atoms with van der Waals surface area (Å²) in [6.45, 7) is 0. The molecule has 0 aromatic heterocycles. The fourth-order valence-electron chi connectivity index (χ4n) is 0.876. The topological polar surface area (TPSA) is 75.6 Å². The lowest BCUT2D eigenvalue weighted by Gasteiger charge is -2.05. The Morgan fingerprint density at radius 2 is 2.14 bits per heavy atom. The first-order valence-corrected chi connectivity index (χ1v) is 5.37. The average molecular weight is 238 g/mol. The van der Waals surface area contributed by atoms with Gasteiger partial charge in [-0.2, -0.15) is 0 Å². The van der Waals surface area contributed by atoms with E-state index in [1.807, 2.05) is 0 Å². The molecule has 0 atom stereocenters. The van der Waals surface area contributed by atoms with Gasteiger partial charge in [0.25, 0.3) is 10.0 Å². The molecule has 7 heteroatoms. The molecule has 78 valence electrons. The van der Waals surface area contributed by atoms with Gasteiger partial charge in [-0.05, 0) is 12.1 Å². The molecule has 0 saturated heterocycles. The first-order chi connectivity index (χ1) is 6.51. The van der Waals surface area contributed by atoms with E-state index >= 15 is 0 Å². The van der Waals surface area contributed by atoms with Gasteiger partial charge >= 0.3 is 0 Å². The van der Waals surface area contributed by atoms with Crippen molar-refractivity contribution in [2.75, 3.05) is 7.11 Å². The first-order valence-electron chi connectivity index (χ1n) is 3.50. The number of sulfonamides is 1. The van der Waals surface area contributed by atoms with Gasteiger partial charge in [-0.1, -0.05) is 16.5 Å². The highest BCUT2D eigenvalue weighted by Crippen LogP contribution is 2.25. The number of hydrogen-bond acceptors (Lipinski definition) is 4. The zero-order valence-electron chi connectivity index (χ0n) is 7.19. The molecule has 0 amide bonds. The molecule has 1 rings (SSSR count). The van der Waals surface area contributed by atoms with Crippen LogP contribution in [0.5, 0.6) is 5.75 Å². The number of hydrogen-bond donors (Lipinski definition) is 2. The molecule has 1 aromatic carbocycles. The molecule has 0 fully saturated rings. The number of methoxy groups -OCH3 is 1. The van der Waals surface area contributed by atoms with Crippen LogP contribution in [0.4, 0.5) is 0 Å². The minimum atomic E-state index is -3.94. The molecule has 0 aliphatic rings. The molecule has 0 unspecified atom stereocenters. The summed E-state index contributed by atoms with van der Waals surface area (Å²) in [5.74, 6) is 0.437. The number of halogens is 1. The molecule has 0 aliphatic heterocycles. The van der Waals surface area contributed by atoms with E-state index in [1.54, 1.807) is 0 Å². The number of benzene rings is 1. The van der Waals surface area contributed by atoms with Crippen molar-refractivity contribution >= 4 is 21.6 Å². The normalized spacial score (nSPS) is 11.4. The van der Waals surface area contributed by atoms with Crippen molar-refractivity contribution in [2.24, 2.45) is 0 Å². The molecule has 2 N–H and O–H groups in total. The SMILES string of the molecule is COc1ccc(S(=O)(=O)NO)c(Cl)c1. The van der Waals surface area contributed by atoms with Crippen LogP contribution in [0.25, 0.3) is 0 Å². The van der Waals surface area contributed by atoms with Crippen molar-refractivity contribution in [3.05, 3.63) is 23.2 Å². The maximum Gasteiger partial charge on any atom is 0.263 e. The van der Waals surface area contributed by atoms with Crippen LogP contribution in [0, 0.1) is 0 Å². The third kappa shape index (κ3) is 2.16. The first kappa shape index (κ1) is 11.3. The molecule has 5 nitrogen and oxygen atoms in total. The van der Waals surface area contributed by atoms with Gasteiger partial charge < -0.3 is 9.94 Å². The maximum atomic E-state index is 11.1. The van der Waals surface area contributed by atoms with Crippen LogP contribution in [-0.4, -0.2) is 20.7 Å². The minimum absolute atomic E-state index is 0.0223. The Bertz CT molecular complexity index is 431. The summed E-state index contributed by atoms with van der Waals surface area (Å²) < 4.78 is 27.1. The van der Waals surface area contributed by atoms with Gasteiger partial charge in [0, 0.05) is 6.07 Å². The van der Waals surface area contributed by atoms with E-state index in [0.717, 1.165) is 0 Å². The summed E-state index contributed by atoms with van der Waals surface area (Å²) in [5, 5.41) is 8.35. The van der Waals surface area contributed by atoms with Crippen LogP contribution in [0.1, 0.15) is 0 Å². The third-order valence-electron chi connectivity index (χ3n) is 1.55. The van der Waals surface area contributed by atoms with Crippen molar-refractivity contribution in [1.82, 2.24) is 4.89 Å². The van der Waals surface area contributed by atoms with E-state index in [-0.39, 0.29) is 9.92 Å². The van der Waals surface area contributed by atoms with Crippen LogP contribution in [0.3, 0.4) is 0 Å². The van der Waals surface area contributed by atoms with E-state index in [9.17, 15) is 8.42 Å². The van der Waals surface area contributed by atoms with Crippen molar-refractivity contribution in [2.45, 2.75) is 4.90 Å². The highest BCUT2D eigenvalue weighted by molar-refractivity contribution is 7.89. The molecular weight excluding hydrogens is 230 g/mol. The summed E-state index contributed by atoms with van der Waals surface area (Å²) >= 11 is 5.66. The molecule has 0 bridgehead atoms. The lowest BCUT2D eigenvalue weighted by molar-refractivity contribution is 0.242. The van der Waals surface area contributed by atoms with E-state index in [1.165, 1.54) is 30.2 Å². The Kier molecular flexibility index (Phi) is 3.33. The van der Waals surface area contributed by atoms with E-state index < -0.39 is 10.0 Å². The summed E-state index contributed by atoms with van der Waals surface area (Å²) in [5.41, 5.74) is 0. The lowest BCUT2D eigenvalue weighted by Crippen LogP contribution is -2.19. The molecule has 14 heavy (non-hydrogen) atoms. The van der Waals surface area contributed by atoms with Gasteiger partial charge in [-0.25, -0.2) is 8.42 Å². The van der Waals surface area contributed by atoms with Crippen LogP contribution >= 0.6 is 11.6 Å². The minimum Gasteiger partial charge on any atom is -0.497 e. The van der Waals surface area contributed by atoms with Gasteiger partial charge in [0.15, 0.2) is 0 Å². The largest absolute Gasteiger partial charge is 0.497 e. The van der Waals surface area contributed by atoms with Crippen LogP contribution < -0.4 is 9.62 Å². The van der Waals surface area contributed by atoms with Gasteiger partial charge in [0.1, 0.15) is 10.6 Å². The number of nitrogens with one attached hydrogen (secondary N) is 1. The summed E-state index contributed by atoms with van der Waals surface area (Å²) in [6, 6.07) is 4.00. The second kappa shape index (κ2) is 4.14. The molecular formula is C7H8ClNO4S. The van der Waals surface area contributed by atoms with Gasteiger partial charge in [0.05, 0.1) is 12.1 Å². The summed E-state index contributed by atoms with van der Waals surface area (Å²) in [7, 11) is -2.50. The van der Waals surface area contributed by atoms with Crippen LogP contribution in [0.15, 0.2) is 23.1 Å². The smallest absolute Gasteiger partial charge is 0.263 e. The number of ether oxygens (including phenoxy) is 1. The molecule has 0 saturated carbocycles. The van der Waals surface area contributed by atoms with Crippen molar-refractivity contribution in [3.8, 4) is 5.75 Å². The fourth-order valence-corrected chi connectivity index (χ4v) is 2.01. The predicted octanol–water partition coefficient (Wildman–Crippen LogP) is 1.02. The quantitative estimate of drug-likeness (QED) is 0.770. The van der Waals surface area contributed by atoms with Crippen molar-refractivity contribution in [1.29, 1.82) is 0 Å². The van der Waals surface area contributed by atoms with Gasteiger partial charge in [0.2, 0.25) is 0 Å². The van der Waals surface area contributed by atoms with Crippen LogP contribution in [-0.2, 0) is 10.0 Å². The third-order valence-corrected chi connectivity index (χ3v) is 3.15. The Morgan fingerprint density at radius 1 is 1.50 bits per heavy atom. The highest BCUT2D eigenvalue weighted by Gasteiger charge is 2.16. The zero-order chi connectivity index (χ0) is 10.8. The monoisotopic (exact) mass is 237 g/mol. The molecule has 0 aliphatic carbocycles. The predicted molar refractivity (Wildman–Crippen MR) is 50.1 cm³/mol. The Labute approximate surface area is 86.3 Å². The van der Waals surface area contributed by atoms with Gasteiger partial charge in [-0.3, -0.25) is 0 Å². The maximum absolute atomic E-state index is 11.1. The second-order valence-corrected chi connectivity index (χ2v) is 4.43. The summed E-state index contributed by atoms with van der Waals surface area (Å²) in [4.78, 5) is 0.977. The molecule has 0 spiro atoms. The number of rotatable bonds is 3.